The van der Waals surface area contributed by atoms with Gasteiger partial charge in [-0.2, -0.15) is 0 Å². The van der Waals surface area contributed by atoms with Crippen LogP contribution in [-0.2, 0) is 6.54 Å². The van der Waals surface area contributed by atoms with Crippen LogP contribution >= 0.6 is 34.8 Å². The zero-order valence-electron chi connectivity index (χ0n) is 15.1. The molecule has 28 heavy (non-hydrogen) atoms. The van der Waals surface area contributed by atoms with Crippen molar-refractivity contribution in [2.75, 3.05) is 0 Å². The fourth-order valence-corrected chi connectivity index (χ4v) is 3.75. The molecule has 1 heterocycles. The van der Waals surface area contributed by atoms with Gasteiger partial charge in [-0.15, -0.1) is 0 Å². The minimum atomic E-state index is -1.29. The summed E-state index contributed by atoms with van der Waals surface area (Å²) in [4.78, 5) is 25.3. The molecule has 1 aromatic heterocycles. The first-order valence-electron chi connectivity index (χ1n) is 8.48. The summed E-state index contributed by atoms with van der Waals surface area (Å²) < 4.78 is 1.81. The molecule has 7 heteroatoms. The minimum Gasteiger partial charge on any atom is -0.477 e. The maximum atomic E-state index is 13.3. The van der Waals surface area contributed by atoms with Crippen LogP contribution in [0, 0.1) is 6.92 Å². The van der Waals surface area contributed by atoms with E-state index in [0.29, 0.717) is 44.1 Å². The molecule has 0 fully saturated rings. The number of pyridine rings is 1. The summed E-state index contributed by atoms with van der Waals surface area (Å²) in [5, 5.41) is 11.0. The van der Waals surface area contributed by atoms with Gasteiger partial charge in [0.2, 0.25) is 5.43 Å². The van der Waals surface area contributed by atoms with Gasteiger partial charge in [0.1, 0.15) is 5.56 Å². The maximum absolute atomic E-state index is 13.3. The van der Waals surface area contributed by atoms with E-state index in [9.17, 15) is 14.7 Å². The van der Waals surface area contributed by atoms with Gasteiger partial charge >= 0.3 is 5.97 Å². The van der Waals surface area contributed by atoms with Crippen molar-refractivity contribution in [3.8, 4) is 22.4 Å². The van der Waals surface area contributed by atoms with Gasteiger partial charge in [-0.3, -0.25) is 4.79 Å². The van der Waals surface area contributed by atoms with E-state index in [2.05, 4.69) is 0 Å². The first kappa shape index (κ1) is 20.5. The van der Waals surface area contributed by atoms with Crippen molar-refractivity contribution in [3.05, 3.63) is 79.0 Å². The highest BCUT2D eigenvalue weighted by atomic mass is 35.5. The molecule has 144 valence electrons. The molecule has 0 aliphatic carbocycles. The Morgan fingerprint density at radius 1 is 1.00 bits per heavy atom. The second kappa shape index (κ2) is 8.00. The Kier molecular flexibility index (Phi) is 5.84. The average molecular weight is 437 g/mol. The van der Waals surface area contributed by atoms with E-state index in [-0.39, 0.29) is 11.1 Å². The van der Waals surface area contributed by atoms with Gasteiger partial charge in [0.05, 0.1) is 15.7 Å². The zero-order valence-corrected chi connectivity index (χ0v) is 17.4. The van der Waals surface area contributed by atoms with Crippen molar-refractivity contribution in [2.24, 2.45) is 0 Å². The molecule has 0 saturated carbocycles. The highest BCUT2D eigenvalue weighted by Gasteiger charge is 2.25. The summed E-state index contributed by atoms with van der Waals surface area (Å²) in [7, 11) is 0. The zero-order chi connectivity index (χ0) is 20.6. The Labute approximate surface area is 176 Å². The van der Waals surface area contributed by atoms with Gasteiger partial charge in [-0.05, 0) is 49.2 Å². The van der Waals surface area contributed by atoms with Crippen LogP contribution in [0.3, 0.4) is 0 Å². The van der Waals surface area contributed by atoms with Crippen molar-refractivity contribution < 1.29 is 9.90 Å². The molecule has 0 radical (unpaired) electrons. The maximum Gasteiger partial charge on any atom is 0.341 e. The molecular weight excluding hydrogens is 421 g/mol. The molecule has 0 saturated heterocycles. The van der Waals surface area contributed by atoms with E-state index >= 15 is 0 Å². The van der Waals surface area contributed by atoms with Crippen LogP contribution in [0.5, 0.6) is 0 Å². The number of carboxylic acids is 1. The monoisotopic (exact) mass is 435 g/mol. The Morgan fingerprint density at radius 2 is 1.61 bits per heavy atom. The summed E-state index contributed by atoms with van der Waals surface area (Å²) in [6.45, 7) is 4.15. The van der Waals surface area contributed by atoms with E-state index < -0.39 is 11.4 Å². The molecule has 0 bridgehead atoms. The number of carbonyl (C=O) groups is 1. The van der Waals surface area contributed by atoms with Crippen LogP contribution in [0.15, 0.2) is 47.3 Å². The Hall–Kier alpha value is -2.27. The van der Waals surface area contributed by atoms with E-state index in [0.717, 1.165) is 0 Å². The van der Waals surface area contributed by atoms with E-state index in [1.54, 1.807) is 49.4 Å². The van der Waals surface area contributed by atoms with Gasteiger partial charge in [0.25, 0.3) is 0 Å². The highest BCUT2D eigenvalue weighted by molar-refractivity contribution is 6.42. The number of aromatic nitrogens is 1. The first-order valence-corrected chi connectivity index (χ1v) is 9.61. The summed E-state index contributed by atoms with van der Waals surface area (Å²) in [5.74, 6) is -1.29. The predicted molar refractivity (Wildman–Crippen MR) is 114 cm³/mol. The Morgan fingerprint density at radius 3 is 2.14 bits per heavy atom. The molecule has 0 atom stereocenters. The van der Waals surface area contributed by atoms with Gasteiger partial charge in [-0.1, -0.05) is 53.0 Å². The van der Waals surface area contributed by atoms with Crippen molar-refractivity contribution in [2.45, 2.75) is 20.4 Å². The molecule has 3 aromatic rings. The molecule has 0 unspecified atom stereocenters. The van der Waals surface area contributed by atoms with Gasteiger partial charge in [-0.25, -0.2) is 4.79 Å². The lowest BCUT2D eigenvalue weighted by atomic mass is 9.96. The standard InChI is InChI=1S/C21H16Cl3NO3/c1-3-25-11(2)17(13-6-9-15(23)16(24)10-13)20(26)18(21(27)28)19(25)12-4-7-14(22)8-5-12/h4-10H,3H2,1-2H3,(H,27,28). The third kappa shape index (κ3) is 3.55. The number of nitrogens with zero attached hydrogens (tertiary/aromatic N) is 1. The first-order chi connectivity index (χ1) is 13.3. The number of aromatic carboxylic acids is 1. The third-order valence-electron chi connectivity index (χ3n) is 4.58. The number of hydrogen-bond acceptors (Lipinski definition) is 2. The molecule has 0 aliphatic rings. The Balaban J connectivity index is 2.44. The number of rotatable bonds is 4. The average Bonchev–Trinajstić information content (AvgIpc) is 2.64. The van der Waals surface area contributed by atoms with Crippen molar-refractivity contribution in [3.63, 3.8) is 0 Å². The molecule has 1 N–H and O–H groups in total. The van der Waals surface area contributed by atoms with Crippen LogP contribution in [0.1, 0.15) is 23.0 Å². The number of halogens is 3. The normalized spacial score (nSPS) is 10.9. The lowest BCUT2D eigenvalue weighted by Gasteiger charge is -2.21. The van der Waals surface area contributed by atoms with Crippen molar-refractivity contribution in [1.82, 2.24) is 4.57 Å². The van der Waals surface area contributed by atoms with Gasteiger partial charge in [0.15, 0.2) is 0 Å². The van der Waals surface area contributed by atoms with Crippen LogP contribution < -0.4 is 5.43 Å². The molecule has 0 spiro atoms. The smallest absolute Gasteiger partial charge is 0.341 e. The summed E-state index contributed by atoms with van der Waals surface area (Å²) in [5.41, 5.74) is 1.53. The summed E-state index contributed by atoms with van der Waals surface area (Å²) >= 11 is 18.1. The molecule has 0 aliphatic heterocycles. The highest BCUT2D eigenvalue weighted by Crippen LogP contribution is 2.32. The second-order valence-electron chi connectivity index (χ2n) is 6.20. The van der Waals surface area contributed by atoms with Crippen molar-refractivity contribution in [1.29, 1.82) is 0 Å². The van der Waals surface area contributed by atoms with Gasteiger partial charge < -0.3 is 9.67 Å². The van der Waals surface area contributed by atoms with Crippen molar-refractivity contribution >= 4 is 40.8 Å². The van der Waals surface area contributed by atoms with Crippen LogP contribution in [0.25, 0.3) is 22.4 Å². The van der Waals surface area contributed by atoms with Crippen LogP contribution in [-0.4, -0.2) is 15.6 Å². The van der Waals surface area contributed by atoms with E-state index in [1.165, 1.54) is 0 Å². The molecule has 2 aromatic carbocycles. The summed E-state index contributed by atoms with van der Waals surface area (Å²) in [6, 6.07) is 11.5. The summed E-state index contributed by atoms with van der Waals surface area (Å²) in [6.07, 6.45) is 0. The van der Waals surface area contributed by atoms with E-state index in [1.807, 2.05) is 11.5 Å². The second-order valence-corrected chi connectivity index (χ2v) is 7.45. The molecule has 3 rings (SSSR count). The fourth-order valence-electron chi connectivity index (χ4n) is 3.33. The number of carboxylic acid groups (broad SMARTS) is 1. The quantitative estimate of drug-likeness (QED) is 0.532. The largest absolute Gasteiger partial charge is 0.477 e. The number of hydrogen-bond donors (Lipinski definition) is 1. The lowest BCUT2D eigenvalue weighted by molar-refractivity contribution is 0.0695. The predicted octanol–water partition coefficient (Wildman–Crippen LogP) is 6.17. The molecular formula is C21H16Cl3NO3. The van der Waals surface area contributed by atoms with Gasteiger partial charge in [0, 0.05) is 22.8 Å². The third-order valence-corrected chi connectivity index (χ3v) is 5.57. The van der Waals surface area contributed by atoms with Crippen LogP contribution in [0.4, 0.5) is 0 Å². The molecule has 0 amide bonds. The Bertz CT molecular complexity index is 1140. The van der Waals surface area contributed by atoms with E-state index in [4.69, 9.17) is 34.8 Å². The SMILES string of the molecule is CCn1c(C)c(-c2ccc(Cl)c(Cl)c2)c(=O)c(C(=O)O)c1-c1ccc(Cl)cc1. The number of benzene rings is 2. The fraction of sp³-hybridized carbons (Fsp3) is 0.143. The topological polar surface area (TPSA) is 59.3 Å². The lowest BCUT2D eigenvalue weighted by Crippen LogP contribution is -2.25. The minimum absolute atomic E-state index is 0.288. The van der Waals surface area contributed by atoms with Crippen LogP contribution in [0.2, 0.25) is 15.1 Å². The molecule has 4 nitrogen and oxygen atoms in total.